The summed E-state index contributed by atoms with van der Waals surface area (Å²) < 4.78 is 0. The maximum Gasteiger partial charge on any atom is 0.0543 e. The van der Waals surface area contributed by atoms with Crippen LogP contribution < -0.4 is 0 Å². The van der Waals surface area contributed by atoms with Gasteiger partial charge in [-0.25, -0.2) is 0 Å². The van der Waals surface area contributed by atoms with E-state index in [0.717, 1.165) is 0 Å². The molecule has 0 aliphatic rings. The molecule has 0 aliphatic carbocycles. The van der Waals surface area contributed by atoms with Crippen molar-refractivity contribution in [1.82, 2.24) is 0 Å². The molecule has 0 aliphatic heterocycles. The van der Waals surface area contributed by atoms with Crippen molar-refractivity contribution in [1.29, 1.82) is 0 Å². The molecule has 0 bridgehead atoms. The van der Waals surface area contributed by atoms with E-state index in [2.05, 4.69) is 6.08 Å². The zero-order valence-corrected chi connectivity index (χ0v) is 10.1. The molecule has 59 valence electrons. The van der Waals surface area contributed by atoms with E-state index in [0.29, 0.717) is 0 Å². The molecule has 0 spiro atoms. The summed E-state index contributed by atoms with van der Waals surface area (Å²) in [6.07, 6.45) is 5.25. The molecule has 0 saturated heterocycles. The van der Waals surface area contributed by atoms with Gasteiger partial charge < -0.3 is 29.6 Å². The zero-order chi connectivity index (χ0) is 8.20. The monoisotopic (exact) mass is 225 g/mol. The summed E-state index contributed by atoms with van der Waals surface area (Å²) in [4.78, 5) is 11.0. The Kier molecular flexibility index (Phi) is 7.35. The van der Waals surface area contributed by atoms with Crippen molar-refractivity contribution in [2.24, 2.45) is 5.41 Å². The molecule has 1 radical (unpaired) electrons. The number of allylic oxidation sites excluding steroid dienone is 3. The van der Waals surface area contributed by atoms with Crippen LogP contribution in [0.15, 0.2) is 12.2 Å². The number of rotatable bonds is 2. The van der Waals surface area contributed by atoms with E-state index < -0.39 is 0 Å². The third kappa shape index (κ3) is 6.64. The van der Waals surface area contributed by atoms with E-state index in [1.165, 1.54) is 12.2 Å². The fraction of sp³-hybridized carbons (Fsp3) is 0.444. The van der Waals surface area contributed by atoms with Gasteiger partial charge >= 0.3 is 0 Å². The molecular formula is C9H12OY-2. The molecule has 0 amide bonds. The van der Waals surface area contributed by atoms with Gasteiger partial charge in [0.05, 0.1) is 5.78 Å². The average Bonchev–Trinajstić information content (AvgIpc) is 1.80. The van der Waals surface area contributed by atoms with E-state index >= 15 is 0 Å². The smallest absolute Gasteiger partial charge is 0.0543 e. The third-order valence-corrected chi connectivity index (χ3v) is 0.992. The predicted octanol–water partition coefficient (Wildman–Crippen LogP) is 1.95. The van der Waals surface area contributed by atoms with Gasteiger partial charge in [-0.1, -0.05) is 20.8 Å². The first-order valence-corrected chi connectivity index (χ1v) is 3.16. The van der Waals surface area contributed by atoms with Gasteiger partial charge in [0.2, 0.25) is 0 Å². The molecule has 0 rings (SSSR count). The molecular weight excluding hydrogens is 213 g/mol. The van der Waals surface area contributed by atoms with Crippen LogP contribution in [0.4, 0.5) is 0 Å². The molecule has 0 aromatic carbocycles. The van der Waals surface area contributed by atoms with Gasteiger partial charge in [-0.05, 0) is 0 Å². The number of Topliss-reactive ketones (excluding diaryl/α,β-unsaturated/α-hetero) is 1. The summed E-state index contributed by atoms with van der Waals surface area (Å²) in [5, 5.41) is 0. The fourth-order valence-corrected chi connectivity index (χ4v) is 0.340. The molecule has 1 nitrogen and oxygen atoms in total. The Balaban J connectivity index is 0. The fourth-order valence-electron chi connectivity index (χ4n) is 0.340. The maximum absolute atomic E-state index is 11.0. The molecule has 0 saturated carbocycles. The Morgan fingerprint density at radius 3 is 2.18 bits per heavy atom. The minimum Gasteiger partial charge on any atom is -0.394 e. The average molecular weight is 225 g/mol. The number of carbonyl (C=O) groups is 1. The van der Waals surface area contributed by atoms with Crippen LogP contribution in [-0.4, -0.2) is 5.78 Å². The van der Waals surface area contributed by atoms with Crippen LogP contribution in [0, 0.1) is 18.1 Å². The minimum atomic E-state index is -0.348. The van der Waals surface area contributed by atoms with E-state index in [-0.39, 0.29) is 43.9 Å². The first kappa shape index (κ1) is 13.8. The molecule has 11 heavy (non-hydrogen) atoms. The number of ketones is 1. The van der Waals surface area contributed by atoms with Crippen molar-refractivity contribution < 1.29 is 37.5 Å². The second-order valence-electron chi connectivity index (χ2n) is 3.08. The van der Waals surface area contributed by atoms with Gasteiger partial charge in [0.1, 0.15) is 0 Å². The Hall–Kier alpha value is 0.254. The summed E-state index contributed by atoms with van der Waals surface area (Å²) in [5.41, 5.74) is -0.348. The molecule has 2 heteroatoms. The summed E-state index contributed by atoms with van der Waals surface area (Å²) in [7, 11) is 0. The summed E-state index contributed by atoms with van der Waals surface area (Å²) in [5.74, 6) is -0.0331. The largest absolute Gasteiger partial charge is 0.394 e. The van der Waals surface area contributed by atoms with E-state index in [4.69, 9.17) is 6.58 Å². The molecule has 0 aromatic heterocycles. The molecule has 0 heterocycles. The van der Waals surface area contributed by atoms with Crippen LogP contribution in [0.25, 0.3) is 0 Å². The molecule has 0 aromatic rings. The Morgan fingerprint density at radius 1 is 1.45 bits per heavy atom. The molecule has 0 fully saturated rings. The van der Waals surface area contributed by atoms with E-state index in [1.54, 1.807) is 0 Å². The van der Waals surface area contributed by atoms with Crippen molar-refractivity contribution in [3.63, 3.8) is 0 Å². The van der Waals surface area contributed by atoms with Gasteiger partial charge in [0.25, 0.3) is 0 Å². The van der Waals surface area contributed by atoms with Crippen LogP contribution in [0.1, 0.15) is 20.8 Å². The second-order valence-corrected chi connectivity index (χ2v) is 3.08. The number of hydrogen-bond acceptors (Lipinski definition) is 1. The van der Waals surface area contributed by atoms with Gasteiger partial charge in [-0.2, -0.15) is 0 Å². The Morgan fingerprint density at radius 2 is 1.91 bits per heavy atom. The first-order valence-electron chi connectivity index (χ1n) is 3.16. The minimum absolute atomic E-state index is 0. The zero-order valence-electron chi connectivity index (χ0n) is 7.22. The van der Waals surface area contributed by atoms with Crippen LogP contribution >= 0.6 is 0 Å². The van der Waals surface area contributed by atoms with Crippen LogP contribution in [0.5, 0.6) is 0 Å². The van der Waals surface area contributed by atoms with Crippen molar-refractivity contribution in [3.05, 3.63) is 24.8 Å². The normalized spacial score (nSPS) is 10.8. The summed E-state index contributed by atoms with van der Waals surface area (Å²) >= 11 is 0. The van der Waals surface area contributed by atoms with Crippen LogP contribution in [-0.2, 0) is 37.5 Å². The van der Waals surface area contributed by atoms with Gasteiger partial charge in [0.15, 0.2) is 0 Å². The summed E-state index contributed by atoms with van der Waals surface area (Å²) in [6.45, 7) is 10.5. The van der Waals surface area contributed by atoms with E-state index in [1.807, 2.05) is 20.8 Å². The first-order chi connectivity index (χ1) is 4.48. The van der Waals surface area contributed by atoms with E-state index in [9.17, 15) is 4.79 Å². The number of carbonyl (C=O) groups excluding carboxylic acids is 1. The topological polar surface area (TPSA) is 17.1 Å². The quantitative estimate of drug-likeness (QED) is 0.398. The van der Waals surface area contributed by atoms with Gasteiger partial charge in [-0.3, -0.25) is 0 Å². The van der Waals surface area contributed by atoms with Crippen molar-refractivity contribution >= 4 is 5.78 Å². The maximum atomic E-state index is 11.0. The Labute approximate surface area is 93.8 Å². The summed E-state index contributed by atoms with van der Waals surface area (Å²) in [6, 6.07) is 0. The molecule has 0 N–H and O–H groups in total. The molecule has 0 unspecified atom stereocenters. The standard InChI is InChI=1S/C9H12O.Y/c1-5-6-7-8(10)9(2,3)4;/h1,5-6H,2-4H3;/q-2;. The van der Waals surface area contributed by atoms with Crippen molar-refractivity contribution in [2.75, 3.05) is 0 Å². The Bertz CT molecular complexity index is 163. The predicted molar refractivity (Wildman–Crippen MR) is 41.1 cm³/mol. The van der Waals surface area contributed by atoms with Crippen LogP contribution in [0.2, 0.25) is 0 Å². The van der Waals surface area contributed by atoms with Crippen LogP contribution in [0.3, 0.4) is 0 Å². The van der Waals surface area contributed by atoms with Crippen molar-refractivity contribution in [3.8, 4) is 0 Å². The van der Waals surface area contributed by atoms with Gasteiger partial charge in [0, 0.05) is 38.1 Å². The second kappa shape index (κ2) is 5.85. The third-order valence-electron chi connectivity index (χ3n) is 0.992. The number of hydrogen-bond donors (Lipinski definition) is 0. The van der Waals surface area contributed by atoms with Crippen molar-refractivity contribution in [2.45, 2.75) is 20.8 Å². The molecule has 0 atom stereocenters. The van der Waals surface area contributed by atoms with Gasteiger partial charge in [-0.15, -0.1) is 0 Å². The SMILES string of the molecule is [CH-]=CC=[C-]C(=O)C(C)(C)C.[Y].